The van der Waals surface area contributed by atoms with Crippen molar-refractivity contribution in [2.24, 2.45) is 5.73 Å². The molecule has 0 aliphatic heterocycles. The van der Waals surface area contributed by atoms with Crippen molar-refractivity contribution in [1.82, 2.24) is 0 Å². The van der Waals surface area contributed by atoms with Crippen molar-refractivity contribution in [3.05, 3.63) is 23.6 Å². The Morgan fingerprint density at radius 1 is 1.77 bits per heavy atom. The smallest absolute Gasteiger partial charge is 0.305 e. The van der Waals surface area contributed by atoms with Crippen molar-refractivity contribution < 1.29 is 14.3 Å². The molecular weight excluding hydrogens is 173 g/mol. The third-order valence-electron chi connectivity index (χ3n) is 1.99. The number of aliphatic carboxylic acids is 1. The first kappa shape index (κ1) is 9.92. The summed E-state index contributed by atoms with van der Waals surface area (Å²) in [7, 11) is 0. The Morgan fingerprint density at radius 2 is 2.46 bits per heavy atom. The molecule has 4 heteroatoms. The van der Waals surface area contributed by atoms with Gasteiger partial charge in [-0.25, -0.2) is 4.39 Å². The van der Waals surface area contributed by atoms with Gasteiger partial charge < -0.3 is 10.8 Å². The van der Waals surface area contributed by atoms with Crippen LogP contribution < -0.4 is 5.73 Å². The van der Waals surface area contributed by atoms with Gasteiger partial charge in [0, 0.05) is 6.04 Å². The average Bonchev–Trinajstić information content (AvgIpc) is 2.03. The lowest BCUT2D eigenvalue weighted by atomic mass is 9.95. The number of hydrogen-bond acceptors (Lipinski definition) is 2. The fraction of sp³-hybridized carbons (Fsp3) is 0.444. The summed E-state index contributed by atoms with van der Waals surface area (Å²) in [5.41, 5.74) is 5.95. The topological polar surface area (TPSA) is 63.3 Å². The number of halogens is 1. The SMILES string of the molecule is N[C@H](CC(=O)O)C1=C(F)C=CCC1. The van der Waals surface area contributed by atoms with E-state index in [1.54, 1.807) is 6.08 Å². The van der Waals surface area contributed by atoms with Crippen LogP contribution in [0.4, 0.5) is 4.39 Å². The van der Waals surface area contributed by atoms with E-state index in [1.165, 1.54) is 6.08 Å². The lowest BCUT2D eigenvalue weighted by Crippen LogP contribution is -2.27. The minimum Gasteiger partial charge on any atom is -0.481 e. The molecule has 0 fully saturated rings. The molecule has 0 aromatic heterocycles. The Labute approximate surface area is 75.7 Å². The van der Waals surface area contributed by atoms with Crippen molar-refractivity contribution in [2.45, 2.75) is 25.3 Å². The van der Waals surface area contributed by atoms with Gasteiger partial charge in [-0.2, -0.15) is 0 Å². The molecule has 0 amide bonds. The molecule has 1 atom stereocenters. The summed E-state index contributed by atoms with van der Waals surface area (Å²) in [6.07, 6.45) is 4.11. The predicted octanol–water partition coefficient (Wildman–Crippen LogP) is 1.36. The Hall–Kier alpha value is -1.16. The Morgan fingerprint density at radius 3 is 3.00 bits per heavy atom. The molecule has 0 radical (unpaired) electrons. The van der Waals surface area contributed by atoms with Crippen molar-refractivity contribution in [2.75, 3.05) is 0 Å². The van der Waals surface area contributed by atoms with Gasteiger partial charge in [0.2, 0.25) is 0 Å². The van der Waals surface area contributed by atoms with Crippen molar-refractivity contribution in [1.29, 1.82) is 0 Å². The summed E-state index contributed by atoms with van der Waals surface area (Å²) < 4.78 is 13.1. The monoisotopic (exact) mass is 185 g/mol. The van der Waals surface area contributed by atoms with E-state index in [0.29, 0.717) is 12.0 Å². The second kappa shape index (κ2) is 4.18. The van der Waals surface area contributed by atoms with Crippen molar-refractivity contribution in [3.63, 3.8) is 0 Å². The maximum absolute atomic E-state index is 13.1. The number of hydrogen-bond donors (Lipinski definition) is 2. The molecule has 0 aromatic rings. The third-order valence-corrected chi connectivity index (χ3v) is 1.99. The largest absolute Gasteiger partial charge is 0.481 e. The van der Waals surface area contributed by atoms with E-state index in [-0.39, 0.29) is 12.2 Å². The highest BCUT2D eigenvalue weighted by Gasteiger charge is 2.18. The zero-order chi connectivity index (χ0) is 9.84. The van der Waals surface area contributed by atoms with E-state index >= 15 is 0 Å². The second-order valence-electron chi connectivity index (χ2n) is 3.02. The van der Waals surface area contributed by atoms with E-state index in [9.17, 15) is 9.18 Å². The molecule has 3 N–H and O–H groups in total. The van der Waals surface area contributed by atoms with Crippen LogP contribution in [0, 0.1) is 0 Å². The van der Waals surface area contributed by atoms with Crippen LogP contribution in [0.1, 0.15) is 19.3 Å². The average molecular weight is 185 g/mol. The van der Waals surface area contributed by atoms with Crippen molar-refractivity contribution in [3.8, 4) is 0 Å². The molecule has 1 aliphatic rings. The number of carboxylic acid groups (broad SMARTS) is 1. The summed E-state index contributed by atoms with van der Waals surface area (Å²) in [6, 6.07) is -0.692. The van der Waals surface area contributed by atoms with Gasteiger partial charge in [0.05, 0.1) is 6.42 Å². The molecule has 0 spiro atoms. The molecule has 13 heavy (non-hydrogen) atoms. The maximum Gasteiger partial charge on any atom is 0.305 e. The molecule has 72 valence electrons. The minimum atomic E-state index is -0.998. The second-order valence-corrected chi connectivity index (χ2v) is 3.02. The zero-order valence-electron chi connectivity index (χ0n) is 7.16. The van der Waals surface area contributed by atoms with E-state index in [4.69, 9.17) is 10.8 Å². The summed E-state index contributed by atoms with van der Waals surface area (Å²) in [4.78, 5) is 10.3. The highest BCUT2D eigenvalue weighted by Crippen LogP contribution is 2.23. The fourth-order valence-corrected chi connectivity index (χ4v) is 1.33. The first-order valence-corrected chi connectivity index (χ1v) is 4.13. The van der Waals surface area contributed by atoms with Gasteiger partial charge in [-0.05, 0) is 24.5 Å². The summed E-state index contributed by atoms with van der Waals surface area (Å²) in [5, 5.41) is 8.46. The molecule has 1 aliphatic carbocycles. The van der Waals surface area contributed by atoms with Gasteiger partial charge in [-0.15, -0.1) is 0 Å². The zero-order valence-corrected chi connectivity index (χ0v) is 7.16. The van der Waals surface area contributed by atoms with Crippen LogP contribution in [0.3, 0.4) is 0 Å². The third kappa shape index (κ3) is 2.66. The molecular formula is C9H12FNO2. The van der Waals surface area contributed by atoms with E-state index in [1.807, 2.05) is 0 Å². The highest BCUT2D eigenvalue weighted by molar-refractivity contribution is 5.68. The van der Waals surface area contributed by atoms with Crippen LogP contribution in [0.2, 0.25) is 0 Å². The van der Waals surface area contributed by atoms with E-state index in [2.05, 4.69) is 0 Å². The number of rotatable bonds is 3. The summed E-state index contributed by atoms with van der Waals surface area (Å²) in [5.74, 6) is -1.37. The number of carbonyl (C=O) groups is 1. The van der Waals surface area contributed by atoms with E-state index in [0.717, 1.165) is 6.42 Å². The first-order valence-electron chi connectivity index (χ1n) is 4.13. The van der Waals surface area contributed by atoms with Crippen LogP contribution in [-0.2, 0) is 4.79 Å². The van der Waals surface area contributed by atoms with Crippen LogP contribution in [0.5, 0.6) is 0 Å². The van der Waals surface area contributed by atoms with Crippen LogP contribution in [0.25, 0.3) is 0 Å². The van der Waals surface area contributed by atoms with Gasteiger partial charge in [0.25, 0.3) is 0 Å². The Balaban J connectivity index is 2.69. The van der Waals surface area contributed by atoms with Gasteiger partial charge >= 0.3 is 5.97 Å². The standard InChI is InChI=1S/C9H12FNO2/c10-7-4-2-1-3-6(7)8(11)5-9(12)13/h2,4,8H,1,3,5,11H2,(H,12,13)/t8-/m1/s1. The van der Waals surface area contributed by atoms with E-state index < -0.39 is 12.0 Å². The number of allylic oxidation sites excluding steroid dienone is 3. The highest BCUT2D eigenvalue weighted by atomic mass is 19.1. The van der Waals surface area contributed by atoms with Crippen LogP contribution >= 0.6 is 0 Å². The Kier molecular flexibility index (Phi) is 3.19. The number of nitrogens with two attached hydrogens (primary N) is 1. The molecule has 0 aromatic carbocycles. The lowest BCUT2D eigenvalue weighted by molar-refractivity contribution is -0.137. The van der Waals surface area contributed by atoms with Crippen molar-refractivity contribution >= 4 is 5.97 Å². The van der Waals surface area contributed by atoms with Crippen LogP contribution in [-0.4, -0.2) is 17.1 Å². The summed E-state index contributed by atoms with van der Waals surface area (Å²) in [6.45, 7) is 0. The van der Waals surface area contributed by atoms with Gasteiger partial charge in [-0.1, -0.05) is 6.08 Å². The normalized spacial score (nSPS) is 18.9. The first-order chi connectivity index (χ1) is 6.11. The molecule has 3 nitrogen and oxygen atoms in total. The minimum absolute atomic E-state index is 0.212. The summed E-state index contributed by atoms with van der Waals surface area (Å²) >= 11 is 0. The van der Waals surface area contributed by atoms with Gasteiger partial charge in [0.15, 0.2) is 0 Å². The predicted molar refractivity (Wildman–Crippen MR) is 46.7 cm³/mol. The quantitative estimate of drug-likeness (QED) is 0.697. The maximum atomic E-state index is 13.1. The fourth-order valence-electron chi connectivity index (χ4n) is 1.33. The van der Waals surface area contributed by atoms with Gasteiger partial charge in [-0.3, -0.25) is 4.79 Å². The lowest BCUT2D eigenvalue weighted by Gasteiger charge is -2.16. The Bertz CT molecular complexity index is 271. The van der Waals surface area contributed by atoms with Gasteiger partial charge in [0.1, 0.15) is 5.83 Å². The van der Waals surface area contributed by atoms with Crippen LogP contribution in [0.15, 0.2) is 23.6 Å². The number of carboxylic acids is 1. The molecule has 0 heterocycles. The molecule has 0 saturated carbocycles. The molecule has 0 saturated heterocycles. The molecule has 0 bridgehead atoms. The molecule has 1 rings (SSSR count). The molecule has 0 unspecified atom stereocenters.